The van der Waals surface area contributed by atoms with Crippen LogP contribution in [0.4, 0.5) is 0 Å². The molecule has 3 fully saturated rings. The molecule has 1 aromatic rings. The molecule has 4 heteroatoms. The number of benzene rings is 1. The number of hydrogen-bond acceptors (Lipinski definition) is 2. The van der Waals surface area contributed by atoms with E-state index < -0.39 is 0 Å². The molecule has 0 radical (unpaired) electrons. The zero-order valence-corrected chi connectivity index (χ0v) is 17.3. The summed E-state index contributed by atoms with van der Waals surface area (Å²) in [4.78, 5) is 18.4. The van der Waals surface area contributed by atoms with E-state index in [1.807, 2.05) is 0 Å². The topological polar surface area (TPSA) is 23.6 Å². The lowest BCUT2D eigenvalue weighted by Gasteiger charge is -2.41. The molecule has 1 amide bonds. The van der Waals surface area contributed by atoms with Gasteiger partial charge < -0.3 is 9.80 Å². The molecular weight excluding hydrogens is 356 g/mol. The van der Waals surface area contributed by atoms with E-state index in [1.165, 1.54) is 63.6 Å². The number of hydrogen-bond donors (Lipinski definition) is 0. The second kappa shape index (κ2) is 9.93. The Morgan fingerprint density at radius 3 is 2.07 bits per heavy atom. The third-order valence-corrected chi connectivity index (χ3v) is 6.98. The first-order valence-corrected chi connectivity index (χ1v) is 10.9. The van der Waals surface area contributed by atoms with E-state index in [0.717, 1.165) is 25.9 Å². The Labute approximate surface area is 170 Å². The highest BCUT2D eigenvalue weighted by Crippen LogP contribution is 2.39. The van der Waals surface area contributed by atoms with Crippen LogP contribution < -0.4 is 0 Å². The molecule has 1 unspecified atom stereocenters. The largest absolute Gasteiger partial charge is 0.342 e. The van der Waals surface area contributed by atoms with Crippen molar-refractivity contribution in [2.45, 2.75) is 69.7 Å². The zero-order valence-electron chi connectivity index (χ0n) is 16.5. The fraction of sp³-hybridized carbons (Fsp3) is 0.696. The molecule has 27 heavy (non-hydrogen) atoms. The maximum absolute atomic E-state index is 13.5. The number of halogens is 1. The Balaban J connectivity index is 0.00000210. The first kappa shape index (κ1) is 20.7. The lowest BCUT2D eigenvalue weighted by molar-refractivity contribution is -0.135. The van der Waals surface area contributed by atoms with E-state index in [2.05, 4.69) is 40.1 Å². The molecular formula is C23H35ClN2O. The fourth-order valence-electron chi connectivity index (χ4n) is 5.50. The molecule has 1 atom stereocenters. The van der Waals surface area contributed by atoms with E-state index >= 15 is 0 Å². The second-order valence-electron chi connectivity index (χ2n) is 8.59. The van der Waals surface area contributed by atoms with Crippen LogP contribution in [0.15, 0.2) is 30.3 Å². The molecule has 3 aliphatic rings. The molecule has 0 bridgehead atoms. The Kier molecular flexibility index (Phi) is 7.60. The number of amides is 1. The maximum Gasteiger partial charge on any atom is 0.230 e. The maximum atomic E-state index is 13.5. The molecule has 150 valence electrons. The van der Waals surface area contributed by atoms with Gasteiger partial charge in [0.15, 0.2) is 0 Å². The molecule has 0 aromatic heterocycles. The van der Waals surface area contributed by atoms with Crippen LogP contribution in [-0.2, 0) is 4.79 Å². The van der Waals surface area contributed by atoms with E-state index in [-0.39, 0.29) is 18.3 Å². The monoisotopic (exact) mass is 390 g/mol. The van der Waals surface area contributed by atoms with Crippen molar-refractivity contribution in [1.82, 2.24) is 9.80 Å². The second-order valence-corrected chi connectivity index (χ2v) is 8.59. The smallest absolute Gasteiger partial charge is 0.230 e. The lowest BCUT2D eigenvalue weighted by Crippen LogP contribution is -2.49. The highest BCUT2D eigenvalue weighted by atomic mass is 35.5. The normalized spacial score (nSPS) is 23.8. The summed E-state index contributed by atoms with van der Waals surface area (Å²) in [5, 5.41) is 0. The van der Waals surface area contributed by atoms with Crippen molar-refractivity contribution in [2.75, 3.05) is 26.2 Å². The van der Waals surface area contributed by atoms with Crippen molar-refractivity contribution in [3.05, 3.63) is 35.9 Å². The van der Waals surface area contributed by atoms with E-state index in [4.69, 9.17) is 0 Å². The molecule has 0 N–H and O–H groups in total. The summed E-state index contributed by atoms with van der Waals surface area (Å²) in [6.07, 6.45) is 11.5. The molecule has 3 nitrogen and oxygen atoms in total. The molecule has 1 aromatic carbocycles. The molecule has 4 rings (SSSR count). The summed E-state index contributed by atoms with van der Waals surface area (Å²) in [6.45, 7) is 4.45. The summed E-state index contributed by atoms with van der Waals surface area (Å²) in [5.74, 6) is 1.04. The number of likely N-dealkylation sites (tertiary alicyclic amines) is 2. The summed E-state index contributed by atoms with van der Waals surface area (Å²) in [5.41, 5.74) is 1.24. The average molecular weight is 391 g/mol. The Morgan fingerprint density at radius 2 is 1.44 bits per heavy atom. The van der Waals surface area contributed by atoms with Crippen molar-refractivity contribution in [3.63, 3.8) is 0 Å². The minimum atomic E-state index is 0. The van der Waals surface area contributed by atoms with Crippen molar-refractivity contribution in [3.8, 4) is 0 Å². The standard InChI is InChI=1S/C23H34N2O.ClH/c26-23(22(20-11-5-6-12-20)19-9-3-1-4-10-19)25-17-13-21(14-18-25)24-15-7-2-8-16-24;/h1,3-4,9-10,20-22H,2,5-8,11-18H2;1H. The molecule has 1 saturated carbocycles. The van der Waals surface area contributed by atoms with Gasteiger partial charge >= 0.3 is 0 Å². The summed E-state index contributed by atoms with van der Waals surface area (Å²) < 4.78 is 0. The number of piperidine rings is 2. The Morgan fingerprint density at radius 1 is 0.815 bits per heavy atom. The minimum absolute atomic E-state index is 0. The van der Waals surface area contributed by atoms with Crippen molar-refractivity contribution in [1.29, 1.82) is 0 Å². The number of carbonyl (C=O) groups excluding carboxylic acids is 1. The molecule has 0 spiro atoms. The van der Waals surface area contributed by atoms with Crippen LogP contribution in [0.25, 0.3) is 0 Å². The first-order valence-electron chi connectivity index (χ1n) is 10.9. The van der Waals surface area contributed by atoms with Gasteiger partial charge in [-0.1, -0.05) is 49.6 Å². The van der Waals surface area contributed by atoms with Gasteiger partial charge in [-0.2, -0.15) is 0 Å². The van der Waals surface area contributed by atoms with E-state index in [9.17, 15) is 4.79 Å². The minimum Gasteiger partial charge on any atom is -0.342 e. The van der Waals surface area contributed by atoms with Gasteiger partial charge in [0.2, 0.25) is 5.91 Å². The van der Waals surface area contributed by atoms with Crippen molar-refractivity contribution < 1.29 is 4.79 Å². The highest BCUT2D eigenvalue weighted by Gasteiger charge is 2.36. The molecule has 1 aliphatic carbocycles. The van der Waals surface area contributed by atoms with Crippen LogP contribution in [0.5, 0.6) is 0 Å². The fourth-order valence-corrected chi connectivity index (χ4v) is 5.50. The summed E-state index contributed by atoms with van der Waals surface area (Å²) >= 11 is 0. The summed E-state index contributed by atoms with van der Waals surface area (Å²) in [6, 6.07) is 11.3. The van der Waals surface area contributed by atoms with Crippen LogP contribution >= 0.6 is 12.4 Å². The van der Waals surface area contributed by atoms with E-state index in [1.54, 1.807) is 0 Å². The van der Waals surface area contributed by atoms with Crippen molar-refractivity contribution in [2.24, 2.45) is 5.92 Å². The van der Waals surface area contributed by atoms with Crippen LogP contribution in [0, 0.1) is 5.92 Å². The molecule has 2 aliphatic heterocycles. The van der Waals surface area contributed by atoms with Gasteiger partial charge in [-0.05, 0) is 63.1 Å². The Hall–Kier alpha value is -1.06. The van der Waals surface area contributed by atoms with Crippen LogP contribution in [0.3, 0.4) is 0 Å². The SMILES string of the molecule is Cl.O=C(C(c1ccccc1)C1CCCC1)N1CCC(N2CCCCC2)CC1. The van der Waals surface area contributed by atoms with Gasteiger partial charge in [0.1, 0.15) is 0 Å². The van der Waals surface area contributed by atoms with Crippen LogP contribution in [-0.4, -0.2) is 47.9 Å². The quantitative estimate of drug-likeness (QED) is 0.732. The van der Waals surface area contributed by atoms with Gasteiger partial charge in [0, 0.05) is 19.1 Å². The summed E-state index contributed by atoms with van der Waals surface area (Å²) in [7, 11) is 0. The van der Waals surface area contributed by atoms with Gasteiger partial charge in [0.05, 0.1) is 5.92 Å². The van der Waals surface area contributed by atoms with Gasteiger partial charge in [-0.25, -0.2) is 0 Å². The highest BCUT2D eigenvalue weighted by molar-refractivity contribution is 5.85. The average Bonchev–Trinajstić information content (AvgIpc) is 3.24. The van der Waals surface area contributed by atoms with E-state index in [0.29, 0.717) is 17.9 Å². The van der Waals surface area contributed by atoms with Crippen molar-refractivity contribution >= 4 is 18.3 Å². The van der Waals surface area contributed by atoms with Crippen LogP contribution in [0.1, 0.15) is 69.3 Å². The van der Waals surface area contributed by atoms with Gasteiger partial charge in [0.25, 0.3) is 0 Å². The predicted octanol–water partition coefficient (Wildman–Crippen LogP) is 4.86. The van der Waals surface area contributed by atoms with Gasteiger partial charge in [-0.3, -0.25) is 4.79 Å². The third-order valence-electron chi connectivity index (χ3n) is 6.98. The predicted molar refractivity (Wildman–Crippen MR) is 113 cm³/mol. The lowest BCUT2D eigenvalue weighted by atomic mass is 9.83. The zero-order chi connectivity index (χ0) is 17.8. The van der Waals surface area contributed by atoms with Gasteiger partial charge in [-0.15, -0.1) is 12.4 Å². The number of nitrogens with zero attached hydrogens (tertiary/aromatic N) is 2. The third kappa shape index (κ3) is 4.86. The Bertz CT molecular complexity index is 573. The number of rotatable bonds is 4. The van der Waals surface area contributed by atoms with Crippen LogP contribution in [0.2, 0.25) is 0 Å². The number of carbonyl (C=O) groups is 1. The molecule has 2 heterocycles. The molecule has 2 saturated heterocycles. The first-order chi connectivity index (χ1) is 12.8.